The maximum absolute atomic E-state index is 11.5. The molecule has 1 aromatic carbocycles. The third-order valence-electron chi connectivity index (χ3n) is 2.66. The number of carbonyl (C=O) groups is 1. The standard InChI is InChI=1S/C15H16N2O4S2/c1-11-16-13(10-22-11)9-21-14-6-4-3-5-12(14)7-8-15(18)17-23(2,19)20/h3-8,10H,9H2,1-2H3,(H,17,18)/b8-7+. The Balaban J connectivity index is 2.06. The molecule has 0 saturated heterocycles. The van der Waals surface area contributed by atoms with Crippen LogP contribution < -0.4 is 9.46 Å². The summed E-state index contributed by atoms with van der Waals surface area (Å²) in [5, 5.41) is 2.89. The average Bonchev–Trinajstić information content (AvgIpc) is 2.87. The number of sulfonamides is 1. The molecule has 0 spiro atoms. The van der Waals surface area contributed by atoms with Crippen molar-refractivity contribution < 1.29 is 17.9 Å². The highest BCUT2D eigenvalue weighted by atomic mass is 32.2. The van der Waals surface area contributed by atoms with E-state index in [4.69, 9.17) is 4.74 Å². The van der Waals surface area contributed by atoms with Gasteiger partial charge in [-0.15, -0.1) is 11.3 Å². The second-order valence-corrected chi connectivity index (χ2v) is 7.57. The van der Waals surface area contributed by atoms with Crippen molar-refractivity contribution in [3.8, 4) is 5.75 Å². The van der Waals surface area contributed by atoms with Crippen molar-refractivity contribution >= 4 is 33.3 Å². The molecule has 1 amide bonds. The molecule has 0 bridgehead atoms. The van der Waals surface area contributed by atoms with Crippen LogP contribution in [-0.2, 0) is 21.4 Å². The number of hydrogen-bond donors (Lipinski definition) is 1. The van der Waals surface area contributed by atoms with E-state index < -0.39 is 15.9 Å². The zero-order valence-electron chi connectivity index (χ0n) is 12.6. The van der Waals surface area contributed by atoms with Gasteiger partial charge in [0.25, 0.3) is 5.91 Å². The van der Waals surface area contributed by atoms with Crippen LogP contribution in [0.4, 0.5) is 0 Å². The first-order chi connectivity index (χ1) is 10.8. The molecule has 6 nitrogen and oxygen atoms in total. The number of ether oxygens (including phenoxy) is 1. The van der Waals surface area contributed by atoms with Crippen LogP contribution in [0.5, 0.6) is 5.75 Å². The van der Waals surface area contributed by atoms with Crippen molar-refractivity contribution in [1.82, 2.24) is 9.71 Å². The van der Waals surface area contributed by atoms with Crippen molar-refractivity contribution in [3.05, 3.63) is 52.0 Å². The monoisotopic (exact) mass is 352 g/mol. The minimum absolute atomic E-state index is 0.324. The minimum Gasteiger partial charge on any atom is -0.487 e. The number of nitrogens with one attached hydrogen (secondary N) is 1. The second kappa shape index (κ2) is 7.38. The number of benzene rings is 1. The largest absolute Gasteiger partial charge is 0.487 e. The summed E-state index contributed by atoms with van der Waals surface area (Å²) >= 11 is 1.55. The average molecular weight is 352 g/mol. The topological polar surface area (TPSA) is 85.4 Å². The van der Waals surface area contributed by atoms with E-state index in [0.717, 1.165) is 23.0 Å². The Morgan fingerprint density at radius 3 is 2.78 bits per heavy atom. The predicted molar refractivity (Wildman–Crippen MR) is 89.6 cm³/mol. The van der Waals surface area contributed by atoms with Gasteiger partial charge in [-0.25, -0.2) is 18.1 Å². The number of nitrogens with zero attached hydrogens (tertiary/aromatic N) is 1. The fourth-order valence-corrected chi connectivity index (χ4v) is 2.79. The third kappa shape index (κ3) is 5.84. The first-order valence-corrected chi connectivity index (χ1v) is 9.43. The molecule has 2 rings (SSSR count). The van der Waals surface area contributed by atoms with Crippen LogP contribution in [0.25, 0.3) is 6.08 Å². The summed E-state index contributed by atoms with van der Waals surface area (Å²) in [5.41, 5.74) is 1.50. The molecule has 23 heavy (non-hydrogen) atoms. The van der Waals surface area contributed by atoms with E-state index in [1.54, 1.807) is 29.5 Å². The lowest BCUT2D eigenvalue weighted by molar-refractivity contribution is -0.114. The number of hydrogen-bond acceptors (Lipinski definition) is 6. The van der Waals surface area contributed by atoms with E-state index in [2.05, 4.69) is 4.98 Å². The highest BCUT2D eigenvalue weighted by molar-refractivity contribution is 7.89. The molecular formula is C15H16N2O4S2. The Bertz CT molecular complexity index is 826. The molecule has 0 atom stereocenters. The summed E-state index contributed by atoms with van der Waals surface area (Å²) in [7, 11) is -3.57. The van der Waals surface area contributed by atoms with Gasteiger partial charge in [0.15, 0.2) is 0 Å². The first kappa shape index (κ1) is 17.2. The molecule has 1 aromatic heterocycles. The molecule has 122 valence electrons. The van der Waals surface area contributed by atoms with E-state index in [1.807, 2.05) is 23.1 Å². The van der Waals surface area contributed by atoms with E-state index in [-0.39, 0.29) is 0 Å². The van der Waals surface area contributed by atoms with Crippen LogP contribution in [0, 0.1) is 6.92 Å². The van der Waals surface area contributed by atoms with Crippen molar-refractivity contribution in [2.75, 3.05) is 6.26 Å². The number of aryl methyl sites for hydroxylation is 1. The summed E-state index contributed by atoms with van der Waals surface area (Å²) in [4.78, 5) is 15.8. The lowest BCUT2D eigenvalue weighted by atomic mass is 10.2. The second-order valence-electron chi connectivity index (χ2n) is 4.76. The van der Waals surface area contributed by atoms with Crippen LogP contribution in [-0.4, -0.2) is 25.6 Å². The lowest BCUT2D eigenvalue weighted by Gasteiger charge is -2.07. The highest BCUT2D eigenvalue weighted by Crippen LogP contribution is 2.21. The van der Waals surface area contributed by atoms with E-state index in [9.17, 15) is 13.2 Å². The number of para-hydroxylation sites is 1. The van der Waals surface area contributed by atoms with Gasteiger partial charge in [0.05, 0.1) is 17.0 Å². The van der Waals surface area contributed by atoms with Crippen molar-refractivity contribution in [2.45, 2.75) is 13.5 Å². The van der Waals surface area contributed by atoms with Crippen LogP contribution in [0.15, 0.2) is 35.7 Å². The lowest BCUT2D eigenvalue weighted by Crippen LogP contribution is -2.27. The molecule has 8 heteroatoms. The van der Waals surface area contributed by atoms with E-state index in [0.29, 0.717) is 17.9 Å². The van der Waals surface area contributed by atoms with E-state index in [1.165, 1.54) is 6.08 Å². The van der Waals surface area contributed by atoms with Crippen molar-refractivity contribution in [2.24, 2.45) is 0 Å². The van der Waals surface area contributed by atoms with Gasteiger partial charge in [0.1, 0.15) is 12.4 Å². The Labute approximate surface area is 138 Å². The molecular weight excluding hydrogens is 336 g/mol. The number of thiazole rings is 1. The van der Waals surface area contributed by atoms with Crippen LogP contribution in [0.2, 0.25) is 0 Å². The van der Waals surface area contributed by atoms with Gasteiger partial charge >= 0.3 is 0 Å². The molecule has 0 aliphatic carbocycles. The van der Waals surface area contributed by atoms with Crippen LogP contribution in [0.3, 0.4) is 0 Å². The first-order valence-electron chi connectivity index (χ1n) is 6.66. The van der Waals surface area contributed by atoms with E-state index >= 15 is 0 Å². The molecule has 2 aromatic rings. The maximum atomic E-state index is 11.5. The zero-order valence-corrected chi connectivity index (χ0v) is 14.3. The third-order valence-corrected chi connectivity index (χ3v) is 4.06. The Kier molecular flexibility index (Phi) is 5.51. The zero-order chi connectivity index (χ0) is 16.9. The van der Waals surface area contributed by atoms with Crippen molar-refractivity contribution in [1.29, 1.82) is 0 Å². The van der Waals surface area contributed by atoms with Crippen molar-refractivity contribution in [3.63, 3.8) is 0 Å². The molecule has 0 aliphatic heterocycles. The predicted octanol–water partition coefficient (Wildman–Crippen LogP) is 2.12. The molecule has 0 radical (unpaired) electrons. The molecule has 0 fully saturated rings. The smallest absolute Gasteiger partial charge is 0.257 e. The molecule has 1 N–H and O–H groups in total. The SMILES string of the molecule is Cc1nc(COc2ccccc2/C=C/C(=O)NS(C)(=O)=O)cs1. The fraction of sp³-hybridized carbons (Fsp3) is 0.200. The highest BCUT2D eigenvalue weighted by Gasteiger charge is 2.06. The summed E-state index contributed by atoms with van der Waals surface area (Å²) in [6, 6.07) is 7.16. The normalized spacial score (nSPS) is 11.6. The van der Waals surface area contributed by atoms with Gasteiger partial charge in [-0.3, -0.25) is 4.79 Å². The molecule has 0 aliphatic rings. The Hall–Kier alpha value is -2.19. The Morgan fingerprint density at radius 1 is 1.39 bits per heavy atom. The van der Waals surface area contributed by atoms with Gasteiger partial charge < -0.3 is 4.74 Å². The number of amides is 1. The number of aromatic nitrogens is 1. The minimum atomic E-state index is -3.57. The van der Waals surface area contributed by atoms with Gasteiger partial charge in [-0.05, 0) is 19.1 Å². The van der Waals surface area contributed by atoms with Gasteiger partial charge in [0, 0.05) is 17.0 Å². The molecule has 0 unspecified atom stereocenters. The van der Waals surface area contributed by atoms with Gasteiger partial charge in [0.2, 0.25) is 10.0 Å². The van der Waals surface area contributed by atoms with Crippen LogP contribution >= 0.6 is 11.3 Å². The summed E-state index contributed by atoms with van der Waals surface area (Å²) in [6.45, 7) is 2.25. The van der Waals surface area contributed by atoms with Gasteiger partial charge in [-0.1, -0.05) is 18.2 Å². The van der Waals surface area contributed by atoms with Crippen LogP contribution in [0.1, 0.15) is 16.3 Å². The fourth-order valence-electron chi connectivity index (χ4n) is 1.76. The summed E-state index contributed by atoms with van der Waals surface area (Å²) in [6.07, 6.45) is 3.57. The maximum Gasteiger partial charge on any atom is 0.257 e. The molecule has 0 saturated carbocycles. The summed E-state index contributed by atoms with van der Waals surface area (Å²) in [5.74, 6) is -0.126. The quantitative estimate of drug-likeness (QED) is 0.805. The summed E-state index contributed by atoms with van der Waals surface area (Å²) < 4.78 is 29.5. The van der Waals surface area contributed by atoms with Gasteiger partial charge in [-0.2, -0.15) is 0 Å². The molecule has 1 heterocycles. The number of carbonyl (C=O) groups excluding carboxylic acids is 1. The number of rotatable bonds is 6. The Morgan fingerprint density at radius 2 is 2.13 bits per heavy atom.